The molecule has 2 amide bonds. The first kappa shape index (κ1) is 24.8. The monoisotopic (exact) mass is 478 g/mol. The van der Waals surface area contributed by atoms with Crippen LogP contribution in [0.25, 0.3) is 11.1 Å². The van der Waals surface area contributed by atoms with Crippen LogP contribution in [0.4, 0.5) is 4.79 Å². The number of benzene rings is 2. The van der Waals surface area contributed by atoms with Gasteiger partial charge in [0.1, 0.15) is 6.61 Å². The number of nitrogens with one attached hydrogen (secondary N) is 2. The SMILES string of the molecule is CCCC[C@@H](CC(=O)O)NC(=O)[C@@H]1CC[C@H](NC(=O)OCC2c3ccccc3-c3ccccc32)C1. The second-order valence-electron chi connectivity index (χ2n) is 9.62. The Kier molecular flexibility index (Phi) is 8.06. The molecule has 2 aromatic carbocycles. The van der Waals surface area contributed by atoms with Gasteiger partial charge in [-0.2, -0.15) is 0 Å². The Morgan fingerprint density at radius 2 is 1.69 bits per heavy atom. The van der Waals surface area contributed by atoms with Crippen molar-refractivity contribution in [1.82, 2.24) is 10.6 Å². The lowest BCUT2D eigenvalue weighted by atomic mass is 9.98. The third-order valence-corrected chi connectivity index (χ3v) is 7.14. The number of carboxylic acid groups (broad SMARTS) is 1. The molecular formula is C28H34N2O5. The highest BCUT2D eigenvalue weighted by Gasteiger charge is 2.33. The summed E-state index contributed by atoms with van der Waals surface area (Å²) >= 11 is 0. The normalized spacial score (nSPS) is 19.5. The third-order valence-electron chi connectivity index (χ3n) is 7.14. The van der Waals surface area contributed by atoms with Crippen molar-refractivity contribution >= 4 is 18.0 Å². The summed E-state index contributed by atoms with van der Waals surface area (Å²) in [6.45, 7) is 2.29. The Balaban J connectivity index is 1.27. The maximum absolute atomic E-state index is 12.7. The summed E-state index contributed by atoms with van der Waals surface area (Å²) in [6.07, 6.45) is 3.82. The minimum atomic E-state index is -0.910. The number of alkyl carbamates (subject to hydrolysis) is 1. The molecule has 2 aliphatic carbocycles. The first-order valence-corrected chi connectivity index (χ1v) is 12.6. The van der Waals surface area contributed by atoms with Gasteiger partial charge in [0.05, 0.1) is 6.42 Å². The van der Waals surface area contributed by atoms with Crippen LogP contribution in [-0.4, -0.2) is 41.8 Å². The second kappa shape index (κ2) is 11.4. The Labute approximate surface area is 206 Å². The molecule has 0 radical (unpaired) electrons. The molecule has 3 atom stereocenters. The fourth-order valence-electron chi connectivity index (χ4n) is 5.36. The van der Waals surface area contributed by atoms with Gasteiger partial charge in [-0.05, 0) is 47.9 Å². The number of carbonyl (C=O) groups is 3. The molecule has 1 saturated carbocycles. The molecule has 0 bridgehead atoms. The molecule has 1 fully saturated rings. The lowest BCUT2D eigenvalue weighted by Crippen LogP contribution is -2.40. The van der Waals surface area contributed by atoms with Gasteiger partial charge in [-0.3, -0.25) is 9.59 Å². The predicted octanol–water partition coefficient (Wildman–Crippen LogP) is 4.84. The summed E-state index contributed by atoms with van der Waals surface area (Å²) in [4.78, 5) is 36.4. The highest BCUT2D eigenvalue weighted by molar-refractivity contribution is 5.81. The smallest absolute Gasteiger partial charge is 0.407 e. The van der Waals surface area contributed by atoms with Crippen LogP contribution in [0, 0.1) is 5.92 Å². The summed E-state index contributed by atoms with van der Waals surface area (Å²) in [7, 11) is 0. The lowest BCUT2D eigenvalue weighted by Gasteiger charge is -2.20. The van der Waals surface area contributed by atoms with Gasteiger partial charge in [0.2, 0.25) is 5.91 Å². The van der Waals surface area contributed by atoms with E-state index in [1.807, 2.05) is 31.2 Å². The maximum atomic E-state index is 12.7. The van der Waals surface area contributed by atoms with E-state index in [9.17, 15) is 14.4 Å². The van der Waals surface area contributed by atoms with Crippen LogP contribution in [0.15, 0.2) is 48.5 Å². The molecule has 35 heavy (non-hydrogen) atoms. The predicted molar refractivity (Wildman–Crippen MR) is 133 cm³/mol. The highest BCUT2D eigenvalue weighted by Crippen LogP contribution is 2.44. The van der Waals surface area contributed by atoms with Crippen LogP contribution in [0.3, 0.4) is 0 Å². The van der Waals surface area contributed by atoms with E-state index >= 15 is 0 Å². The van der Waals surface area contributed by atoms with Crippen LogP contribution in [0.1, 0.15) is 68.9 Å². The molecule has 0 heterocycles. The van der Waals surface area contributed by atoms with Crippen molar-refractivity contribution in [3.8, 4) is 11.1 Å². The molecule has 2 aliphatic rings. The van der Waals surface area contributed by atoms with E-state index in [1.165, 1.54) is 11.1 Å². The molecule has 0 spiro atoms. The average Bonchev–Trinajstić information content (AvgIpc) is 3.43. The molecule has 0 unspecified atom stereocenters. The zero-order valence-corrected chi connectivity index (χ0v) is 20.2. The van der Waals surface area contributed by atoms with Crippen LogP contribution in [-0.2, 0) is 14.3 Å². The second-order valence-corrected chi connectivity index (χ2v) is 9.62. The van der Waals surface area contributed by atoms with Gasteiger partial charge in [-0.15, -0.1) is 0 Å². The zero-order valence-electron chi connectivity index (χ0n) is 20.2. The van der Waals surface area contributed by atoms with Crippen LogP contribution in [0.5, 0.6) is 0 Å². The number of unbranched alkanes of at least 4 members (excludes halogenated alkanes) is 1. The summed E-state index contributed by atoms with van der Waals surface area (Å²) in [6, 6.07) is 15.9. The minimum Gasteiger partial charge on any atom is -0.481 e. The van der Waals surface area contributed by atoms with E-state index < -0.39 is 12.1 Å². The topological polar surface area (TPSA) is 105 Å². The molecule has 2 aromatic rings. The van der Waals surface area contributed by atoms with E-state index in [-0.39, 0.29) is 42.9 Å². The molecule has 186 valence electrons. The zero-order chi connectivity index (χ0) is 24.8. The van der Waals surface area contributed by atoms with Gasteiger partial charge in [-0.25, -0.2) is 4.79 Å². The molecule has 3 N–H and O–H groups in total. The number of amides is 2. The van der Waals surface area contributed by atoms with Gasteiger partial charge in [0, 0.05) is 23.9 Å². The lowest BCUT2D eigenvalue weighted by molar-refractivity contribution is -0.137. The molecule has 0 saturated heterocycles. The van der Waals surface area contributed by atoms with Gasteiger partial charge in [0.25, 0.3) is 0 Å². The largest absolute Gasteiger partial charge is 0.481 e. The Morgan fingerprint density at radius 3 is 2.31 bits per heavy atom. The first-order valence-electron chi connectivity index (χ1n) is 12.6. The summed E-state index contributed by atoms with van der Waals surface area (Å²) < 4.78 is 5.63. The van der Waals surface area contributed by atoms with Gasteiger partial charge in [0.15, 0.2) is 0 Å². The molecule has 7 heteroatoms. The van der Waals surface area contributed by atoms with Crippen molar-refractivity contribution in [3.05, 3.63) is 59.7 Å². The molecule has 4 rings (SSSR count). The quantitative estimate of drug-likeness (QED) is 0.453. The van der Waals surface area contributed by atoms with Gasteiger partial charge in [-0.1, -0.05) is 68.3 Å². The number of ether oxygens (including phenoxy) is 1. The fraction of sp³-hybridized carbons (Fsp3) is 0.464. The first-order chi connectivity index (χ1) is 17.0. The molecular weight excluding hydrogens is 444 g/mol. The Bertz CT molecular complexity index is 1020. The number of aliphatic carboxylic acids is 1. The average molecular weight is 479 g/mol. The van der Waals surface area contributed by atoms with Crippen molar-refractivity contribution in [2.24, 2.45) is 5.92 Å². The molecule has 7 nitrogen and oxygen atoms in total. The standard InChI is InChI=1S/C28H34N2O5/c1-2-3-8-19(16-26(31)32)29-27(33)18-13-14-20(15-18)30-28(34)35-17-25-23-11-6-4-9-21(23)22-10-5-7-12-24(22)25/h4-7,9-12,18-20,25H,2-3,8,13-17H2,1H3,(H,29,33)(H,30,34)(H,31,32)/t18-,19+,20+/m1/s1. The van der Waals surface area contributed by atoms with Crippen LogP contribution < -0.4 is 10.6 Å². The molecule has 0 aromatic heterocycles. The summed E-state index contributed by atoms with van der Waals surface area (Å²) in [5, 5.41) is 15.0. The minimum absolute atomic E-state index is 0.00421. The summed E-state index contributed by atoms with van der Waals surface area (Å²) in [5.74, 6) is -1.26. The van der Waals surface area contributed by atoms with E-state index in [1.54, 1.807) is 0 Å². The Morgan fingerprint density at radius 1 is 1.03 bits per heavy atom. The van der Waals surface area contributed by atoms with Crippen molar-refractivity contribution in [3.63, 3.8) is 0 Å². The van der Waals surface area contributed by atoms with Crippen molar-refractivity contribution in [1.29, 1.82) is 0 Å². The fourth-order valence-corrected chi connectivity index (χ4v) is 5.36. The van der Waals surface area contributed by atoms with E-state index in [4.69, 9.17) is 9.84 Å². The van der Waals surface area contributed by atoms with Gasteiger partial charge < -0.3 is 20.5 Å². The maximum Gasteiger partial charge on any atom is 0.407 e. The number of carboxylic acids is 1. The van der Waals surface area contributed by atoms with E-state index in [0.29, 0.717) is 25.7 Å². The molecule has 0 aliphatic heterocycles. The van der Waals surface area contributed by atoms with Crippen molar-refractivity contribution < 1.29 is 24.2 Å². The van der Waals surface area contributed by atoms with E-state index in [2.05, 4.69) is 34.9 Å². The third kappa shape index (κ3) is 6.02. The number of fused-ring (bicyclic) bond motifs is 3. The van der Waals surface area contributed by atoms with Crippen LogP contribution >= 0.6 is 0 Å². The number of carbonyl (C=O) groups excluding carboxylic acids is 2. The highest BCUT2D eigenvalue weighted by atomic mass is 16.5. The van der Waals surface area contributed by atoms with Crippen LogP contribution in [0.2, 0.25) is 0 Å². The number of hydrogen-bond donors (Lipinski definition) is 3. The number of rotatable bonds is 10. The van der Waals surface area contributed by atoms with E-state index in [0.717, 1.165) is 24.0 Å². The van der Waals surface area contributed by atoms with Crippen molar-refractivity contribution in [2.75, 3.05) is 6.61 Å². The van der Waals surface area contributed by atoms with Gasteiger partial charge >= 0.3 is 12.1 Å². The Hall–Kier alpha value is -3.35. The number of hydrogen-bond acceptors (Lipinski definition) is 4. The van der Waals surface area contributed by atoms with Crippen molar-refractivity contribution in [2.45, 2.75) is 69.9 Å². The summed E-state index contributed by atoms with van der Waals surface area (Å²) in [5.41, 5.74) is 4.69.